The van der Waals surface area contributed by atoms with E-state index in [0.29, 0.717) is 6.42 Å². The summed E-state index contributed by atoms with van der Waals surface area (Å²) in [6, 6.07) is 7.81. The van der Waals surface area contributed by atoms with E-state index in [1.54, 1.807) is 0 Å². The van der Waals surface area contributed by atoms with Crippen LogP contribution in [0.1, 0.15) is 25.8 Å². The van der Waals surface area contributed by atoms with Crippen molar-refractivity contribution in [3.63, 3.8) is 0 Å². The van der Waals surface area contributed by atoms with Gasteiger partial charge in [-0.25, -0.2) is 0 Å². The van der Waals surface area contributed by atoms with E-state index < -0.39 is 0 Å². The van der Waals surface area contributed by atoms with Crippen LogP contribution in [0.4, 0.5) is 0 Å². The predicted octanol–water partition coefficient (Wildman–Crippen LogP) is 2.80. The number of benzene rings is 1. The molecule has 0 bridgehead atoms. The Hall–Kier alpha value is -1.02. The molecule has 1 rings (SSSR count). The molecule has 0 aliphatic heterocycles. The number of carbonyl (C=O) groups is 1. The van der Waals surface area contributed by atoms with E-state index >= 15 is 0 Å². The van der Waals surface area contributed by atoms with Crippen molar-refractivity contribution in [2.75, 3.05) is 0 Å². The average Bonchev–Trinajstić information content (AvgIpc) is 2.14. The molecule has 0 saturated carbocycles. The Morgan fingerprint density at radius 2 is 2.20 bits per heavy atom. The lowest BCUT2D eigenvalue weighted by Gasteiger charge is -2.08. The van der Waals surface area contributed by atoms with Crippen molar-refractivity contribution in [1.82, 2.24) is 5.32 Å². The van der Waals surface area contributed by atoms with E-state index in [4.69, 9.17) is 11.6 Å². The second-order valence-corrected chi connectivity index (χ2v) is 4.29. The Morgan fingerprint density at radius 3 is 2.80 bits per heavy atom. The summed E-state index contributed by atoms with van der Waals surface area (Å²) < 4.78 is 0. The van der Waals surface area contributed by atoms with E-state index in [-0.39, 0.29) is 11.9 Å². The minimum atomic E-state index is 0.0879. The van der Waals surface area contributed by atoms with Gasteiger partial charge in [0.15, 0.2) is 0 Å². The van der Waals surface area contributed by atoms with Crippen molar-refractivity contribution in [1.29, 1.82) is 0 Å². The molecule has 0 aliphatic carbocycles. The first-order valence-corrected chi connectivity index (χ1v) is 5.49. The standard InChI is InChI=1S/C12H16ClNO/c1-9(2)14-12(15)7-6-10-4-3-5-11(13)8-10/h3-5,8-9H,6-7H2,1-2H3,(H,14,15). The summed E-state index contributed by atoms with van der Waals surface area (Å²) in [6.45, 7) is 3.91. The third kappa shape index (κ3) is 4.84. The summed E-state index contributed by atoms with van der Waals surface area (Å²) in [4.78, 5) is 11.4. The van der Waals surface area contributed by atoms with Gasteiger partial charge in [-0.05, 0) is 38.0 Å². The number of aryl methyl sites for hydroxylation is 1. The molecule has 0 saturated heterocycles. The summed E-state index contributed by atoms with van der Waals surface area (Å²) in [6.07, 6.45) is 1.25. The molecule has 1 aromatic carbocycles. The Balaban J connectivity index is 2.40. The monoisotopic (exact) mass is 225 g/mol. The number of hydrogen-bond acceptors (Lipinski definition) is 1. The summed E-state index contributed by atoms with van der Waals surface area (Å²) >= 11 is 5.84. The molecular formula is C12H16ClNO. The molecule has 0 aliphatic rings. The number of rotatable bonds is 4. The van der Waals surface area contributed by atoms with Gasteiger partial charge in [0.2, 0.25) is 5.91 Å². The van der Waals surface area contributed by atoms with Crippen molar-refractivity contribution in [3.8, 4) is 0 Å². The maximum Gasteiger partial charge on any atom is 0.220 e. The summed E-state index contributed by atoms with van der Waals surface area (Å²) in [5.41, 5.74) is 1.10. The van der Waals surface area contributed by atoms with Crippen LogP contribution in [-0.4, -0.2) is 11.9 Å². The lowest BCUT2D eigenvalue weighted by molar-refractivity contribution is -0.121. The topological polar surface area (TPSA) is 29.1 Å². The van der Waals surface area contributed by atoms with Gasteiger partial charge in [0.25, 0.3) is 0 Å². The molecule has 0 fully saturated rings. The Labute approximate surface area is 95.6 Å². The molecule has 0 spiro atoms. The van der Waals surface area contributed by atoms with Crippen LogP contribution in [0.25, 0.3) is 0 Å². The molecule has 1 amide bonds. The Kier molecular flexibility index (Phi) is 4.63. The smallest absolute Gasteiger partial charge is 0.220 e. The molecule has 0 aromatic heterocycles. The van der Waals surface area contributed by atoms with Crippen LogP contribution in [0.2, 0.25) is 5.02 Å². The quantitative estimate of drug-likeness (QED) is 0.839. The fourth-order valence-corrected chi connectivity index (χ4v) is 1.56. The van der Waals surface area contributed by atoms with Gasteiger partial charge in [0.1, 0.15) is 0 Å². The van der Waals surface area contributed by atoms with E-state index in [1.165, 1.54) is 0 Å². The number of halogens is 1. The minimum absolute atomic E-state index is 0.0879. The number of nitrogens with one attached hydrogen (secondary N) is 1. The van der Waals surface area contributed by atoms with E-state index in [1.807, 2.05) is 38.1 Å². The fraction of sp³-hybridized carbons (Fsp3) is 0.417. The van der Waals surface area contributed by atoms with Gasteiger partial charge >= 0.3 is 0 Å². The van der Waals surface area contributed by atoms with Crippen LogP contribution in [-0.2, 0) is 11.2 Å². The van der Waals surface area contributed by atoms with E-state index in [2.05, 4.69) is 5.32 Å². The molecule has 2 nitrogen and oxygen atoms in total. The SMILES string of the molecule is CC(C)NC(=O)CCc1cccc(Cl)c1. The zero-order valence-electron chi connectivity index (χ0n) is 9.09. The van der Waals surface area contributed by atoms with Crippen LogP contribution >= 0.6 is 11.6 Å². The fourth-order valence-electron chi connectivity index (χ4n) is 1.34. The Bertz CT molecular complexity index is 336. The van der Waals surface area contributed by atoms with Crippen LogP contribution in [0, 0.1) is 0 Å². The maximum absolute atomic E-state index is 11.4. The molecule has 0 heterocycles. The normalized spacial score (nSPS) is 10.4. The van der Waals surface area contributed by atoms with E-state index in [9.17, 15) is 4.79 Å². The van der Waals surface area contributed by atoms with Crippen LogP contribution < -0.4 is 5.32 Å². The molecule has 0 unspecified atom stereocenters. The highest BCUT2D eigenvalue weighted by molar-refractivity contribution is 6.30. The van der Waals surface area contributed by atoms with Crippen molar-refractivity contribution < 1.29 is 4.79 Å². The summed E-state index contributed by atoms with van der Waals surface area (Å²) in [5, 5.41) is 3.57. The molecule has 0 radical (unpaired) electrons. The number of amides is 1. The first-order chi connectivity index (χ1) is 7.08. The largest absolute Gasteiger partial charge is 0.354 e. The molecule has 82 valence electrons. The molecule has 0 atom stereocenters. The van der Waals surface area contributed by atoms with Gasteiger partial charge in [-0.2, -0.15) is 0 Å². The first kappa shape index (κ1) is 12.1. The van der Waals surface area contributed by atoms with Crippen molar-refractivity contribution >= 4 is 17.5 Å². The van der Waals surface area contributed by atoms with Gasteiger partial charge < -0.3 is 5.32 Å². The van der Waals surface area contributed by atoms with E-state index in [0.717, 1.165) is 17.0 Å². The average molecular weight is 226 g/mol. The highest BCUT2D eigenvalue weighted by Gasteiger charge is 2.03. The lowest BCUT2D eigenvalue weighted by Crippen LogP contribution is -2.30. The van der Waals surface area contributed by atoms with Crippen molar-refractivity contribution in [3.05, 3.63) is 34.9 Å². The number of carbonyl (C=O) groups excluding carboxylic acids is 1. The lowest BCUT2D eigenvalue weighted by atomic mass is 10.1. The van der Waals surface area contributed by atoms with Gasteiger partial charge in [-0.1, -0.05) is 23.7 Å². The second kappa shape index (κ2) is 5.76. The molecule has 15 heavy (non-hydrogen) atoms. The van der Waals surface area contributed by atoms with Crippen molar-refractivity contribution in [2.24, 2.45) is 0 Å². The number of hydrogen-bond donors (Lipinski definition) is 1. The van der Waals surface area contributed by atoms with Crippen molar-refractivity contribution in [2.45, 2.75) is 32.7 Å². The third-order valence-electron chi connectivity index (χ3n) is 1.98. The molecular weight excluding hydrogens is 210 g/mol. The third-order valence-corrected chi connectivity index (χ3v) is 2.21. The zero-order valence-corrected chi connectivity index (χ0v) is 9.84. The minimum Gasteiger partial charge on any atom is -0.354 e. The first-order valence-electron chi connectivity index (χ1n) is 5.11. The van der Waals surface area contributed by atoms with Crippen LogP contribution in [0.3, 0.4) is 0 Å². The molecule has 1 N–H and O–H groups in total. The molecule has 3 heteroatoms. The second-order valence-electron chi connectivity index (χ2n) is 3.85. The summed E-state index contributed by atoms with van der Waals surface area (Å²) in [5.74, 6) is 0.0879. The van der Waals surface area contributed by atoms with Gasteiger partial charge in [-0.15, -0.1) is 0 Å². The maximum atomic E-state index is 11.4. The Morgan fingerprint density at radius 1 is 1.47 bits per heavy atom. The van der Waals surface area contributed by atoms with Crippen LogP contribution in [0.5, 0.6) is 0 Å². The van der Waals surface area contributed by atoms with Gasteiger partial charge in [0, 0.05) is 17.5 Å². The summed E-state index contributed by atoms with van der Waals surface area (Å²) in [7, 11) is 0. The predicted molar refractivity (Wildman–Crippen MR) is 63.1 cm³/mol. The molecule has 1 aromatic rings. The highest BCUT2D eigenvalue weighted by Crippen LogP contribution is 2.11. The van der Waals surface area contributed by atoms with Gasteiger partial charge in [0.05, 0.1) is 0 Å². The van der Waals surface area contributed by atoms with Gasteiger partial charge in [-0.3, -0.25) is 4.79 Å². The van der Waals surface area contributed by atoms with Crippen LogP contribution in [0.15, 0.2) is 24.3 Å². The highest BCUT2D eigenvalue weighted by atomic mass is 35.5. The zero-order chi connectivity index (χ0) is 11.3.